The summed E-state index contributed by atoms with van der Waals surface area (Å²) in [5.41, 5.74) is 5.33. The van der Waals surface area contributed by atoms with Gasteiger partial charge in [-0.15, -0.1) is 0 Å². The number of rotatable bonds is 6. The van der Waals surface area contributed by atoms with Gasteiger partial charge in [-0.2, -0.15) is 0 Å². The number of likely N-dealkylation sites (tertiary alicyclic amines) is 1. The number of carbonyl (C=O) groups excluding carboxylic acids is 1. The van der Waals surface area contributed by atoms with E-state index in [1.165, 1.54) is 19.3 Å². The van der Waals surface area contributed by atoms with E-state index in [2.05, 4.69) is 17.1 Å². The molecule has 3 N–H and O–H groups in total. The van der Waals surface area contributed by atoms with E-state index in [4.69, 9.17) is 5.73 Å². The van der Waals surface area contributed by atoms with Crippen molar-refractivity contribution < 1.29 is 4.79 Å². The van der Waals surface area contributed by atoms with Crippen molar-refractivity contribution in [1.82, 2.24) is 10.2 Å². The van der Waals surface area contributed by atoms with Crippen LogP contribution < -0.4 is 11.1 Å². The van der Waals surface area contributed by atoms with Gasteiger partial charge in [-0.1, -0.05) is 6.92 Å². The van der Waals surface area contributed by atoms with E-state index in [0.29, 0.717) is 12.0 Å². The summed E-state index contributed by atoms with van der Waals surface area (Å²) >= 11 is 0. The van der Waals surface area contributed by atoms with Gasteiger partial charge in [-0.25, -0.2) is 0 Å². The molecule has 0 bridgehead atoms. The molecule has 18 heavy (non-hydrogen) atoms. The number of nitrogens with zero attached hydrogens (tertiary/aromatic N) is 1. The molecule has 102 valence electrons. The summed E-state index contributed by atoms with van der Waals surface area (Å²) in [5.74, 6) is 1.11. The van der Waals surface area contributed by atoms with Crippen molar-refractivity contribution in [3.63, 3.8) is 0 Å². The Morgan fingerprint density at radius 3 is 2.50 bits per heavy atom. The highest BCUT2D eigenvalue weighted by Gasteiger charge is 2.52. The molecule has 0 aromatic heterocycles. The highest BCUT2D eigenvalue weighted by molar-refractivity contribution is 5.86. The molecule has 1 heterocycles. The van der Waals surface area contributed by atoms with Gasteiger partial charge in [0.1, 0.15) is 5.54 Å². The third-order valence-electron chi connectivity index (χ3n) is 4.73. The number of hydrogen-bond donors (Lipinski definition) is 2. The van der Waals surface area contributed by atoms with Crippen LogP contribution in [0.1, 0.15) is 39.0 Å². The fraction of sp³-hybridized carbons (Fsp3) is 0.929. The van der Waals surface area contributed by atoms with Crippen molar-refractivity contribution in [3.8, 4) is 0 Å². The van der Waals surface area contributed by atoms with Crippen LogP contribution in [-0.2, 0) is 4.79 Å². The zero-order chi connectivity index (χ0) is 12.8. The lowest BCUT2D eigenvalue weighted by atomic mass is 9.91. The maximum absolute atomic E-state index is 12.1. The lowest BCUT2D eigenvalue weighted by molar-refractivity contribution is -0.126. The normalized spacial score (nSPS) is 32.4. The van der Waals surface area contributed by atoms with E-state index in [9.17, 15) is 4.79 Å². The van der Waals surface area contributed by atoms with E-state index >= 15 is 0 Å². The molecule has 0 spiro atoms. The summed E-state index contributed by atoms with van der Waals surface area (Å²) in [5, 5.41) is 3.59. The molecule has 0 aromatic rings. The number of hydrogen-bond acceptors (Lipinski definition) is 3. The van der Waals surface area contributed by atoms with Crippen molar-refractivity contribution in [2.24, 2.45) is 17.6 Å². The van der Waals surface area contributed by atoms with Crippen LogP contribution in [0.4, 0.5) is 0 Å². The predicted molar refractivity (Wildman–Crippen MR) is 71.0 cm³/mol. The standard InChI is InChI=1S/C14H25N3O/c1-10-6-7-17(8-10)9-14(13(15)18,11-2-3-11)16-12-4-5-12/h10-12,16H,2-9H2,1H3,(H2,15,18). The van der Waals surface area contributed by atoms with Gasteiger partial charge in [-0.3, -0.25) is 10.1 Å². The molecule has 3 aliphatic rings. The molecule has 2 aliphatic carbocycles. The first kappa shape index (κ1) is 12.4. The summed E-state index contributed by atoms with van der Waals surface area (Å²) in [4.78, 5) is 14.5. The number of carbonyl (C=O) groups is 1. The Morgan fingerprint density at radius 2 is 2.06 bits per heavy atom. The summed E-state index contributed by atoms with van der Waals surface area (Å²) < 4.78 is 0. The SMILES string of the molecule is CC1CCN(CC(NC2CC2)(C(N)=O)C2CC2)C1. The molecular weight excluding hydrogens is 226 g/mol. The number of nitrogens with two attached hydrogens (primary N) is 1. The zero-order valence-electron chi connectivity index (χ0n) is 11.3. The van der Waals surface area contributed by atoms with E-state index in [1.54, 1.807) is 0 Å². The van der Waals surface area contributed by atoms with Crippen molar-refractivity contribution in [3.05, 3.63) is 0 Å². The number of primary amides is 1. The quantitative estimate of drug-likeness (QED) is 0.731. The van der Waals surface area contributed by atoms with Crippen molar-refractivity contribution in [1.29, 1.82) is 0 Å². The Balaban J connectivity index is 1.72. The van der Waals surface area contributed by atoms with Crippen molar-refractivity contribution in [2.45, 2.75) is 50.6 Å². The Morgan fingerprint density at radius 1 is 1.33 bits per heavy atom. The van der Waals surface area contributed by atoms with Gasteiger partial charge in [-0.05, 0) is 50.5 Å². The second-order valence-corrected chi connectivity index (χ2v) is 6.66. The van der Waals surface area contributed by atoms with Gasteiger partial charge in [0, 0.05) is 19.1 Å². The number of nitrogens with one attached hydrogen (secondary N) is 1. The van der Waals surface area contributed by atoms with Gasteiger partial charge in [0.2, 0.25) is 5.91 Å². The van der Waals surface area contributed by atoms with Crippen LogP contribution in [0.15, 0.2) is 0 Å². The molecule has 0 aromatic carbocycles. The molecular formula is C14H25N3O. The molecule has 1 aliphatic heterocycles. The predicted octanol–water partition coefficient (Wildman–Crippen LogP) is 0.714. The highest BCUT2D eigenvalue weighted by Crippen LogP contribution is 2.42. The lowest BCUT2D eigenvalue weighted by Gasteiger charge is -2.36. The molecule has 1 saturated heterocycles. The lowest BCUT2D eigenvalue weighted by Crippen LogP contribution is -2.63. The fourth-order valence-electron chi connectivity index (χ4n) is 3.33. The Labute approximate surface area is 109 Å². The summed E-state index contributed by atoms with van der Waals surface area (Å²) in [6.45, 7) is 5.36. The van der Waals surface area contributed by atoms with E-state index in [-0.39, 0.29) is 5.91 Å². The smallest absolute Gasteiger partial charge is 0.239 e. The average molecular weight is 251 g/mol. The van der Waals surface area contributed by atoms with E-state index < -0.39 is 5.54 Å². The molecule has 4 nitrogen and oxygen atoms in total. The van der Waals surface area contributed by atoms with Crippen LogP contribution in [0.3, 0.4) is 0 Å². The van der Waals surface area contributed by atoms with Gasteiger partial charge in [0.05, 0.1) is 0 Å². The van der Waals surface area contributed by atoms with E-state index in [1.807, 2.05) is 0 Å². The minimum Gasteiger partial charge on any atom is -0.368 e. The molecule has 3 fully saturated rings. The maximum atomic E-state index is 12.1. The Kier molecular flexibility index (Phi) is 3.10. The summed E-state index contributed by atoms with van der Waals surface area (Å²) in [6.07, 6.45) is 5.98. The fourth-order valence-corrected chi connectivity index (χ4v) is 3.33. The van der Waals surface area contributed by atoms with Gasteiger partial charge < -0.3 is 10.6 Å². The Bertz CT molecular complexity index is 338. The zero-order valence-corrected chi connectivity index (χ0v) is 11.3. The van der Waals surface area contributed by atoms with Crippen LogP contribution >= 0.6 is 0 Å². The monoisotopic (exact) mass is 251 g/mol. The third-order valence-corrected chi connectivity index (χ3v) is 4.73. The molecule has 0 radical (unpaired) electrons. The second-order valence-electron chi connectivity index (χ2n) is 6.66. The summed E-state index contributed by atoms with van der Waals surface area (Å²) in [7, 11) is 0. The second kappa shape index (κ2) is 4.49. The maximum Gasteiger partial charge on any atom is 0.239 e. The molecule has 1 amide bonds. The molecule has 2 saturated carbocycles. The highest BCUT2D eigenvalue weighted by atomic mass is 16.1. The van der Waals surface area contributed by atoms with Gasteiger partial charge in [0.15, 0.2) is 0 Å². The first-order chi connectivity index (χ1) is 8.60. The minimum atomic E-state index is -0.439. The number of amides is 1. The van der Waals surface area contributed by atoms with Crippen LogP contribution in [-0.4, -0.2) is 42.0 Å². The Hall–Kier alpha value is -0.610. The molecule has 4 heteroatoms. The van der Waals surface area contributed by atoms with Crippen molar-refractivity contribution >= 4 is 5.91 Å². The molecule has 3 rings (SSSR count). The first-order valence-electron chi connectivity index (χ1n) is 7.40. The topological polar surface area (TPSA) is 58.4 Å². The van der Waals surface area contributed by atoms with Crippen molar-refractivity contribution in [2.75, 3.05) is 19.6 Å². The van der Waals surface area contributed by atoms with Crippen LogP contribution in [0.5, 0.6) is 0 Å². The van der Waals surface area contributed by atoms with Crippen LogP contribution in [0, 0.1) is 11.8 Å². The molecule has 2 unspecified atom stereocenters. The van der Waals surface area contributed by atoms with Gasteiger partial charge in [0.25, 0.3) is 0 Å². The minimum absolute atomic E-state index is 0.128. The third kappa shape index (κ3) is 2.41. The average Bonchev–Trinajstić information content (AvgIpc) is 3.19. The van der Waals surface area contributed by atoms with Crippen LogP contribution in [0.25, 0.3) is 0 Å². The first-order valence-corrected chi connectivity index (χ1v) is 7.40. The van der Waals surface area contributed by atoms with Crippen LogP contribution in [0.2, 0.25) is 0 Å². The van der Waals surface area contributed by atoms with E-state index in [0.717, 1.165) is 38.4 Å². The summed E-state index contributed by atoms with van der Waals surface area (Å²) in [6, 6.07) is 0.540. The van der Waals surface area contributed by atoms with Gasteiger partial charge >= 0.3 is 0 Å². The molecule has 2 atom stereocenters. The largest absolute Gasteiger partial charge is 0.368 e.